The molecular weight excluding hydrogens is 518 g/mol. The number of anilines is 1. The minimum atomic E-state index is -3.26. The summed E-state index contributed by atoms with van der Waals surface area (Å²) < 4.78 is 23.6. The molecule has 1 aliphatic heterocycles. The summed E-state index contributed by atoms with van der Waals surface area (Å²) >= 11 is 0. The Hall–Kier alpha value is -4.29. The van der Waals surface area contributed by atoms with Gasteiger partial charge in [0.1, 0.15) is 11.3 Å². The van der Waals surface area contributed by atoms with Crippen LogP contribution in [0.5, 0.6) is 0 Å². The Bertz CT molecular complexity index is 1930. The van der Waals surface area contributed by atoms with E-state index in [4.69, 9.17) is 4.98 Å². The molecule has 5 aromatic rings. The van der Waals surface area contributed by atoms with E-state index in [0.29, 0.717) is 23.5 Å². The van der Waals surface area contributed by atoms with E-state index in [1.54, 1.807) is 30.5 Å². The van der Waals surface area contributed by atoms with E-state index >= 15 is 0 Å². The highest BCUT2D eigenvalue weighted by atomic mass is 32.2. The van der Waals surface area contributed by atoms with E-state index in [0.717, 1.165) is 47.5 Å². The molecule has 1 aliphatic rings. The van der Waals surface area contributed by atoms with Gasteiger partial charge in [-0.2, -0.15) is 0 Å². The molecule has 200 valence electrons. The fourth-order valence-electron chi connectivity index (χ4n) is 5.09. The first kappa shape index (κ1) is 25.0. The number of nitrogens with zero attached hydrogens (tertiary/aromatic N) is 4. The van der Waals surface area contributed by atoms with Crippen molar-refractivity contribution in [2.75, 3.05) is 30.8 Å². The van der Waals surface area contributed by atoms with Crippen molar-refractivity contribution in [3.05, 3.63) is 81.0 Å². The van der Waals surface area contributed by atoms with Crippen LogP contribution in [0, 0.1) is 0 Å². The molecule has 11 nitrogen and oxygen atoms in total. The monoisotopic (exact) mass is 545 g/mol. The molecule has 0 amide bonds. The second-order valence-corrected chi connectivity index (χ2v) is 12.0. The molecule has 3 aromatic heterocycles. The molecule has 0 bridgehead atoms. The molecule has 0 aliphatic carbocycles. The molecule has 6 rings (SSSR count). The van der Waals surface area contributed by atoms with E-state index in [9.17, 15) is 18.0 Å². The van der Waals surface area contributed by atoms with Crippen LogP contribution in [-0.4, -0.2) is 70.2 Å². The zero-order valence-electron chi connectivity index (χ0n) is 21.4. The van der Waals surface area contributed by atoms with Crippen LogP contribution in [0.1, 0.15) is 12.5 Å². The van der Waals surface area contributed by atoms with Gasteiger partial charge in [-0.25, -0.2) is 18.4 Å². The lowest BCUT2D eigenvalue weighted by Crippen LogP contribution is -2.51. The summed E-state index contributed by atoms with van der Waals surface area (Å²) in [5.74, 6) is 0.687. The van der Waals surface area contributed by atoms with Crippen molar-refractivity contribution in [1.29, 1.82) is 0 Å². The zero-order valence-corrected chi connectivity index (χ0v) is 22.2. The topological polar surface area (TPSA) is 148 Å². The largest absolute Gasteiger partial charge is 0.367 e. The summed E-state index contributed by atoms with van der Waals surface area (Å²) in [5.41, 5.74) is 4.07. The lowest BCUT2D eigenvalue weighted by Gasteiger charge is -2.41. The minimum Gasteiger partial charge on any atom is -0.367 e. The van der Waals surface area contributed by atoms with Crippen LogP contribution in [0.3, 0.4) is 0 Å². The number of nitrogens with one attached hydrogen (secondary N) is 3. The predicted molar refractivity (Wildman–Crippen MR) is 150 cm³/mol. The number of sulfone groups is 1. The van der Waals surface area contributed by atoms with Crippen molar-refractivity contribution >= 4 is 37.7 Å². The number of benzene rings is 2. The zero-order chi connectivity index (χ0) is 27.3. The number of para-hydroxylation sites is 1. The molecule has 0 spiro atoms. The molecule has 0 radical (unpaired) electrons. The van der Waals surface area contributed by atoms with Crippen molar-refractivity contribution in [1.82, 2.24) is 29.8 Å². The Labute approximate surface area is 223 Å². The first-order chi connectivity index (χ1) is 18.7. The Balaban J connectivity index is 1.21. The summed E-state index contributed by atoms with van der Waals surface area (Å²) in [6.07, 6.45) is 2.92. The number of rotatable bonds is 5. The Morgan fingerprint density at radius 3 is 2.49 bits per heavy atom. The van der Waals surface area contributed by atoms with Crippen LogP contribution in [0.2, 0.25) is 0 Å². The molecule has 0 saturated carbocycles. The van der Waals surface area contributed by atoms with Gasteiger partial charge in [-0.3, -0.25) is 14.5 Å². The maximum absolute atomic E-state index is 11.8. The average molecular weight is 546 g/mol. The van der Waals surface area contributed by atoms with E-state index in [-0.39, 0.29) is 10.9 Å². The van der Waals surface area contributed by atoms with E-state index in [1.165, 1.54) is 6.26 Å². The fraction of sp³-hybridized carbons (Fsp3) is 0.259. The first-order valence-electron chi connectivity index (χ1n) is 12.6. The highest BCUT2D eigenvalue weighted by Crippen LogP contribution is 2.30. The fourth-order valence-corrected chi connectivity index (χ4v) is 5.72. The molecule has 1 saturated heterocycles. The number of fused-ring (bicyclic) bond motifs is 2. The molecule has 12 heteroatoms. The van der Waals surface area contributed by atoms with Crippen LogP contribution < -0.4 is 16.0 Å². The number of hydrogen-bond acceptors (Lipinski definition) is 8. The second-order valence-electron chi connectivity index (χ2n) is 9.97. The van der Waals surface area contributed by atoms with Crippen LogP contribution in [0.15, 0.2) is 69.2 Å². The van der Waals surface area contributed by atoms with Crippen molar-refractivity contribution in [3.8, 4) is 11.4 Å². The molecular formula is C27H27N7O4S. The lowest BCUT2D eigenvalue weighted by atomic mass is 10.1. The summed E-state index contributed by atoms with van der Waals surface area (Å²) in [7, 11) is -3.26. The lowest BCUT2D eigenvalue weighted by molar-refractivity contribution is 0.181. The normalized spacial score (nSPS) is 16.8. The predicted octanol–water partition coefficient (Wildman–Crippen LogP) is 2.27. The van der Waals surface area contributed by atoms with Crippen molar-refractivity contribution in [2.45, 2.75) is 24.4 Å². The van der Waals surface area contributed by atoms with Gasteiger partial charge in [0.2, 0.25) is 0 Å². The van der Waals surface area contributed by atoms with E-state index in [1.807, 2.05) is 18.2 Å². The highest BCUT2D eigenvalue weighted by molar-refractivity contribution is 7.90. The molecule has 4 heterocycles. The van der Waals surface area contributed by atoms with Gasteiger partial charge in [0.05, 0.1) is 21.6 Å². The SMILES string of the molecule is C[C@H]1CN(c2cccc3[nH]c(-c4ccc(S(C)(=O)=O)cc4)nc23)CCN1Cc1cnc2[nH]c(=O)c(=O)[nH]c2c1. The van der Waals surface area contributed by atoms with Crippen LogP contribution >= 0.6 is 0 Å². The molecule has 3 N–H and O–H groups in total. The van der Waals surface area contributed by atoms with Gasteiger partial charge in [0, 0.05) is 50.2 Å². The Morgan fingerprint density at radius 2 is 1.74 bits per heavy atom. The number of pyridine rings is 1. The Kier molecular flexibility index (Phi) is 6.07. The van der Waals surface area contributed by atoms with E-state index < -0.39 is 21.0 Å². The number of imidazole rings is 1. The van der Waals surface area contributed by atoms with Gasteiger partial charge < -0.3 is 19.9 Å². The summed E-state index contributed by atoms with van der Waals surface area (Å²) in [6.45, 7) is 5.27. The van der Waals surface area contributed by atoms with Crippen molar-refractivity contribution in [2.24, 2.45) is 0 Å². The average Bonchev–Trinajstić information content (AvgIpc) is 3.35. The summed E-state index contributed by atoms with van der Waals surface area (Å²) in [4.78, 5) is 45.9. The van der Waals surface area contributed by atoms with Gasteiger partial charge >= 0.3 is 11.1 Å². The summed E-state index contributed by atoms with van der Waals surface area (Å²) in [5, 5.41) is 0. The number of hydrogen-bond donors (Lipinski definition) is 3. The maximum Gasteiger partial charge on any atom is 0.315 e. The van der Waals surface area contributed by atoms with Crippen LogP contribution in [0.25, 0.3) is 33.6 Å². The number of H-pyrrole nitrogens is 3. The van der Waals surface area contributed by atoms with Gasteiger partial charge in [-0.1, -0.05) is 6.07 Å². The summed E-state index contributed by atoms with van der Waals surface area (Å²) in [6, 6.07) is 14.9. The van der Waals surface area contributed by atoms with Gasteiger partial charge in [-0.05, 0) is 55.0 Å². The smallest absolute Gasteiger partial charge is 0.315 e. The molecule has 39 heavy (non-hydrogen) atoms. The van der Waals surface area contributed by atoms with Crippen molar-refractivity contribution < 1.29 is 8.42 Å². The highest BCUT2D eigenvalue weighted by Gasteiger charge is 2.26. The van der Waals surface area contributed by atoms with E-state index in [2.05, 4.69) is 42.7 Å². The quantitative estimate of drug-likeness (QED) is 0.285. The molecule has 0 unspecified atom stereocenters. The van der Waals surface area contributed by atoms with Crippen molar-refractivity contribution in [3.63, 3.8) is 0 Å². The first-order valence-corrected chi connectivity index (χ1v) is 14.4. The number of aromatic amines is 3. The molecule has 1 atom stereocenters. The van der Waals surface area contributed by atoms with Crippen LogP contribution in [-0.2, 0) is 16.4 Å². The second kappa shape index (κ2) is 9.47. The third-order valence-corrected chi connectivity index (χ3v) is 8.30. The van der Waals surface area contributed by atoms with Gasteiger partial charge in [-0.15, -0.1) is 0 Å². The number of aromatic nitrogens is 5. The number of piperazine rings is 1. The Morgan fingerprint density at radius 1 is 0.974 bits per heavy atom. The molecule has 1 fully saturated rings. The van der Waals surface area contributed by atoms with Gasteiger partial charge in [0.15, 0.2) is 15.5 Å². The van der Waals surface area contributed by atoms with Gasteiger partial charge in [0.25, 0.3) is 0 Å². The third-order valence-electron chi connectivity index (χ3n) is 7.17. The minimum absolute atomic E-state index is 0.237. The maximum atomic E-state index is 11.8. The standard InChI is InChI=1S/C27H27N7O4S/c1-16-14-34(11-10-33(16)15-17-12-21-25(28-13-17)32-27(36)26(35)30-21)22-5-3-4-20-23(22)31-24(29-20)18-6-8-19(9-7-18)39(2,37)38/h3-9,12-13,16H,10-11,14-15H2,1-2H3,(H,29,31)(H,30,35)(H,28,32,36)/t16-/m0/s1. The van der Waals surface area contributed by atoms with Crippen LogP contribution in [0.4, 0.5) is 5.69 Å². The molecule has 2 aromatic carbocycles. The third kappa shape index (κ3) is 4.84.